The minimum atomic E-state index is 0.729. The summed E-state index contributed by atoms with van der Waals surface area (Å²) in [4.78, 5) is 0. The maximum atomic E-state index is 6.37. The highest BCUT2D eigenvalue weighted by Gasteiger charge is 2.30. The molecule has 116 valence electrons. The fourth-order valence-electron chi connectivity index (χ4n) is 3.66. The summed E-state index contributed by atoms with van der Waals surface area (Å²) in [7, 11) is 0. The number of hydrogen-bond acceptors (Lipinski definition) is 1. The van der Waals surface area contributed by atoms with Crippen molar-refractivity contribution in [3.8, 4) is 0 Å². The second-order valence-electron chi connectivity index (χ2n) is 7.06. The fourth-order valence-corrected chi connectivity index (χ4v) is 4.14. The van der Waals surface area contributed by atoms with Gasteiger partial charge in [0.2, 0.25) is 0 Å². The van der Waals surface area contributed by atoms with Gasteiger partial charge in [-0.05, 0) is 74.1 Å². The minimum Gasteiger partial charge on any atom is -0.314 e. The Morgan fingerprint density at radius 1 is 1.10 bits per heavy atom. The zero-order valence-corrected chi connectivity index (χ0v) is 14.3. The first-order valence-corrected chi connectivity index (χ1v) is 9.04. The molecule has 0 aromatic heterocycles. The van der Waals surface area contributed by atoms with E-state index < -0.39 is 0 Å². The average molecular weight is 326 g/mol. The number of benzene rings is 1. The second-order valence-corrected chi connectivity index (χ2v) is 7.90. The van der Waals surface area contributed by atoms with E-state index in [9.17, 15) is 0 Å². The van der Waals surface area contributed by atoms with Crippen LogP contribution in [0.3, 0.4) is 0 Å². The minimum absolute atomic E-state index is 0.729. The first-order valence-electron chi connectivity index (χ1n) is 8.29. The van der Waals surface area contributed by atoms with Crippen molar-refractivity contribution in [2.75, 3.05) is 6.54 Å². The predicted octanol–water partition coefficient (Wildman–Crippen LogP) is 5.34. The summed E-state index contributed by atoms with van der Waals surface area (Å²) < 4.78 is 0. The highest BCUT2D eigenvalue weighted by molar-refractivity contribution is 6.35. The summed E-state index contributed by atoms with van der Waals surface area (Å²) in [5.41, 5.74) is 1.26. The molecule has 0 spiro atoms. The van der Waals surface area contributed by atoms with Gasteiger partial charge in [-0.2, -0.15) is 0 Å². The summed E-state index contributed by atoms with van der Waals surface area (Å²) in [6.45, 7) is 3.58. The molecule has 0 saturated heterocycles. The standard InChI is InChI=1S/C18H25Cl2N/c1-12-2-3-14(11-21-17-6-7-17)15(8-12)9-13-4-5-16(19)10-18(13)20/h4-5,10,12,14-15,17,21H,2-3,6-9,11H2,1H3. The Labute approximate surface area is 138 Å². The summed E-state index contributed by atoms with van der Waals surface area (Å²) in [5, 5.41) is 5.28. The lowest BCUT2D eigenvalue weighted by Gasteiger charge is -2.35. The Hall–Kier alpha value is -0.240. The van der Waals surface area contributed by atoms with Crippen molar-refractivity contribution in [2.45, 2.75) is 51.5 Å². The van der Waals surface area contributed by atoms with Gasteiger partial charge in [0.1, 0.15) is 0 Å². The molecule has 21 heavy (non-hydrogen) atoms. The highest BCUT2D eigenvalue weighted by atomic mass is 35.5. The second kappa shape index (κ2) is 6.89. The van der Waals surface area contributed by atoms with Crippen LogP contribution in [0.15, 0.2) is 18.2 Å². The van der Waals surface area contributed by atoms with Gasteiger partial charge in [0.15, 0.2) is 0 Å². The third-order valence-electron chi connectivity index (χ3n) is 5.15. The van der Waals surface area contributed by atoms with Crippen LogP contribution in [0.5, 0.6) is 0 Å². The molecule has 0 heterocycles. The molecule has 1 nitrogen and oxygen atoms in total. The van der Waals surface area contributed by atoms with Gasteiger partial charge in [-0.15, -0.1) is 0 Å². The Balaban J connectivity index is 1.65. The number of halogens is 2. The molecule has 2 aliphatic rings. The van der Waals surface area contributed by atoms with Crippen LogP contribution in [0.25, 0.3) is 0 Å². The van der Waals surface area contributed by atoms with Crippen LogP contribution in [0.4, 0.5) is 0 Å². The van der Waals surface area contributed by atoms with E-state index in [0.29, 0.717) is 0 Å². The SMILES string of the molecule is CC1CCC(CNC2CC2)C(Cc2ccc(Cl)cc2Cl)C1. The smallest absolute Gasteiger partial charge is 0.0452 e. The highest BCUT2D eigenvalue weighted by Crippen LogP contribution is 2.37. The lowest BCUT2D eigenvalue weighted by molar-refractivity contribution is 0.183. The van der Waals surface area contributed by atoms with Crippen molar-refractivity contribution < 1.29 is 0 Å². The van der Waals surface area contributed by atoms with Gasteiger partial charge in [0.05, 0.1) is 0 Å². The molecular formula is C18H25Cl2N. The van der Waals surface area contributed by atoms with Crippen LogP contribution in [0.1, 0.15) is 44.6 Å². The zero-order chi connectivity index (χ0) is 14.8. The first-order chi connectivity index (χ1) is 10.1. The molecule has 3 heteroatoms. The van der Waals surface area contributed by atoms with Crippen molar-refractivity contribution in [1.82, 2.24) is 5.32 Å². The van der Waals surface area contributed by atoms with E-state index in [1.54, 1.807) is 0 Å². The molecular weight excluding hydrogens is 301 g/mol. The third kappa shape index (κ3) is 4.37. The van der Waals surface area contributed by atoms with E-state index in [0.717, 1.165) is 40.3 Å². The van der Waals surface area contributed by atoms with E-state index in [4.69, 9.17) is 23.2 Å². The topological polar surface area (TPSA) is 12.0 Å². The number of hydrogen-bond donors (Lipinski definition) is 1. The van der Waals surface area contributed by atoms with Gasteiger partial charge >= 0.3 is 0 Å². The van der Waals surface area contributed by atoms with Crippen molar-refractivity contribution >= 4 is 23.2 Å². The Bertz CT molecular complexity index is 484. The van der Waals surface area contributed by atoms with E-state index in [1.807, 2.05) is 12.1 Å². The van der Waals surface area contributed by atoms with Gasteiger partial charge in [-0.3, -0.25) is 0 Å². The molecule has 1 aromatic carbocycles. The number of nitrogens with one attached hydrogen (secondary N) is 1. The predicted molar refractivity (Wildman–Crippen MR) is 91.2 cm³/mol. The lowest BCUT2D eigenvalue weighted by atomic mass is 9.72. The summed E-state index contributed by atoms with van der Waals surface area (Å²) in [6.07, 6.45) is 7.90. The fraction of sp³-hybridized carbons (Fsp3) is 0.667. The van der Waals surface area contributed by atoms with E-state index in [1.165, 1.54) is 44.2 Å². The Kier molecular flexibility index (Phi) is 5.14. The van der Waals surface area contributed by atoms with E-state index in [2.05, 4.69) is 18.3 Å². The average Bonchev–Trinajstić information content (AvgIpc) is 3.25. The number of rotatable bonds is 5. The van der Waals surface area contributed by atoms with E-state index >= 15 is 0 Å². The molecule has 0 bridgehead atoms. The van der Waals surface area contributed by atoms with Gasteiger partial charge in [0.25, 0.3) is 0 Å². The lowest BCUT2D eigenvalue weighted by Crippen LogP contribution is -2.34. The van der Waals surface area contributed by atoms with Crippen LogP contribution < -0.4 is 5.32 Å². The van der Waals surface area contributed by atoms with Gasteiger partial charge in [0, 0.05) is 16.1 Å². The summed E-state index contributed by atoms with van der Waals surface area (Å²) in [6, 6.07) is 6.76. The first kappa shape index (κ1) is 15.6. The molecule has 1 N–H and O–H groups in total. The molecule has 0 radical (unpaired) electrons. The van der Waals surface area contributed by atoms with Gasteiger partial charge in [-0.1, -0.05) is 42.6 Å². The molecule has 0 amide bonds. The quantitative estimate of drug-likeness (QED) is 0.770. The molecule has 3 unspecified atom stereocenters. The van der Waals surface area contributed by atoms with Crippen LogP contribution in [0.2, 0.25) is 10.0 Å². The zero-order valence-electron chi connectivity index (χ0n) is 12.7. The van der Waals surface area contributed by atoms with Crippen LogP contribution in [-0.4, -0.2) is 12.6 Å². The Morgan fingerprint density at radius 2 is 1.90 bits per heavy atom. The maximum Gasteiger partial charge on any atom is 0.0452 e. The molecule has 1 aromatic rings. The van der Waals surface area contributed by atoms with Crippen molar-refractivity contribution in [1.29, 1.82) is 0 Å². The van der Waals surface area contributed by atoms with Crippen molar-refractivity contribution in [2.24, 2.45) is 17.8 Å². The summed E-state index contributed by atoms with van der Waals surface area (Å²) >= 11 is 12.4. The maximum absolute atomic E-state index is 6.37. The van der Waals surface area contributed by atoms with Gasteiger partial charge < -0.3 is 5.32 Å². The van der Waals surface area contributed by atoms with Crippen molar-refractivity contribution in [3.63, 3.8) is 0 Å². The monoisotopic (exact) mass is 325 g/mol. The molecule has 3 rings (SSSR count). The van der Waals surface area contributed by atoms with Crippen molar-refractivity contribution in [3.05, 3.63) is 33.8 Å². The van der Waals surface area contributed by atoms with Crippen LogP contribution in [0, 0.1) is 17.8 Å². The molecule has 2 fully saturated rings. The molecule has 2 aliphatic carbocycles. The summed E-state index contributed by atoms with van der Waals surface area (Å²) in [5.74, 6) is 2.39. The molecule has 3 atom stereocenters. The van der Waals surface area contributed by atoms with Crippen LogP contribution in [-0.2, 0) is 6.42 Å². The third-order valence-corrected chi connectivity index (χ3v) is 5.73. The van der Waals surface area contributed by atoms with Crippen LogP contribution >= 0.6 is 23.2 Å². The molecule has 0 aliphatic heterocycles. The Morgan fingerprint density at radius 3 is 2.62 bits per heavy atom. The van der Waals surface area contributed by atoms with Gasteiger partial charge in [-0.25, -0.2) is 0 Å². The largest absolute Gasteiger partial charge is 0.314 e. The normalized spacial score (nSPS) is 29.6. The van der Waals surface area contributed by atoms with E-state index in [-0.39, 0.29) is 0 Å². The molecule has 2 saturated carbocycles.